The summed E-state index contributed by atoms with van der Waals surface area (Å²) in [4.78, 5) is 3.40. The molecule has 5 nitrogen and oxygen atoms in total. The van der Waals surface area contributed by atoms with Crippen LogP contribution in [0.2, 0.25) is 5.02 Å². The Kier molecular flexibility index (Phi) is 3.82. The molecule has 0 atom stereocenters. The van der Waals surface area contributed by atoms with Gasteiger partial charge in [0, 0.05) is 28.9 Å². The number of hydrogen-bond donors (Lipinski definition) is 3. The van der Waals surface area contributed by atoms with Crippen LogP contribution in [0.3, 0.4) is 0 Å². The highest BCUT2D eigenvalue weighted by Crippen LogP contribution is 2.34. The smallest absolute Gasteiger partial charge is 0.140 e. The van der Waals surface area contributed by atoms with Crippen LogP contribution in [0.5, 0.6) is 5.75 Å². The van der Waals surface area contributed by atoms with Gasteiger partial charge in [-0.3, -0.25) is 4.68 Å². The van der Waals surface area contributed by atoms with Gasteiger partial charge in [-0.1, -0.05) is 23.7 Å². The molecule has 0 spiro atoms. The first kappa shape index (κ1) is 15.9. The monoisotopic (exact) mass is 354 g/mol. The minimum atomic E-state index is 0.426. The summed E-state index contributed by atoms with van der Waals surface area (Å²) in [7, 11) is 0. The van der Waals surface area contributed by atoms with E-state index in [0.717, 1.165) is 33.2 Å². The maximum Gasteiger partial charge on any atom is 0.140 e. The van der Waals surface area contributed by atoms with Gasteiger partial charge in [0.05, 0.1) is 21.9 Å². The first-order valence-corrected chi connectivity index (χ1v) is 8.47. The maximum atomic E-state index is 6.32. The fourth-order valence-electron chi connectivity index (χ4n) is 3.09. The van der Waals surface area contributed by atoms with Gasteiger partial charge < -0.3 is 21.3 Å². The van der Waals surface area contributed by atoms with Crippen LogP contribution in [0, 0.1) is 6.92 Å². The lowest BCUT2D eigenvalue weighted by Gasteiger charge is -2.06. The molecule has 0 aliphatic rings. The quantitative estimate of drug-likeness (QED) is 0.487. The molecule has 0 bridgehead atoms. The standard InChI is InChI=1S/C19H19ClN4O/c1-11-2-3-12-9-18(24(22)17(12)6-11)16-8-13-7-14(20)19(25-5-4-21)10-15(13)23-16/h2-3,6-10,23H,4-5,21-22H2,1H3. The molecular formula is C19H19ClN4O. The van der Waals surface area contributed by atoms with E-state index in [-0.39, 0.29) is 0 Å². The summed E-state index contributed by atoms with van der Waals surface area (Å²) >= 11 is 6.30. The third kappa shape index (κ3) is 2.71. The summed E-state index contributed by atoms with van der Waals surface area (Å²) in [5, 5.41) is 2.67. The lowest BCUT2D eigenvalue weighted by atomic mass is 10.2. The molecule has 0 radical (unpaired) electrons. The average molecular weight is 355 g/mol. The van der Waals surface area contributed by atoms with Crippen molar-refractivity contribution < 1.29 is 4.74 Å². The molecule has 0 saturated carbocycles. The van der Waals surface area contributed by atoms with E-state index in [0.29, 0.717) is 23.9 Å². The number of aryl methyl sites for hydroxylation is 1. The molecule has 4 rings (SSSR count). The number of hydrogen-bond acceptors (Lipinski definition) is 3. The molecule has 0 fully saturated rings. The average Bonchev–Trinajstić information content (AvgIpc) is 3.13. The van der Waals surface area contributed by atoms with Crippen LogP contribution in [-0.4, -0.2) is 22.8 Å². The highest BCUT2D eigenvalue weighted by atomic mass is 35.5. The second-order valence-electron chi connectivity index (χ2n) is 6.15. The molecule has 128 valence electrons. The molecule has 0 unspecified atom stereocenters. The van der Waals surface area contributed by atoms with Crippen LogP contribution in [-0.2, 0) is 0 Å². The number of nitrogens with one attached hydrogen (secondary N) is 1. The summed E-state index contributed by atoms with van der Waals surface area (Å²) in [6, 6.07) is 14.1. The molecule has 0 aliphatic heterocycles. The van der Waals surface area contributed by atoms with E-state index >= 15 is 0 Å². The SMILES string of the molecule is Cc1ccc2cc(-c3cc4cc(Cl)c(OCCN)cc4[nH]3)n(N)c2c1. The van der Waals surface area contributed by atoms with Crippen LogP contribution in [0.4, 0.5) is 0 Å². The van der Waals surface area contributed by atoms with E-state index in [4.69, 9.17) is 27.9 Å². The molecule has 2 aromatic carbocycles. The summed E-state index contributed by atoms with van der Waals surface area (Å²) in [5.74, 6) is 6.94. The zero-order valence-electron chi connectivity index (χ0n) is 13.8. The van der Waals surface area contributed by atoms with Gasteiger partial charge in [0.15, 0.2) is 0 Å². The Balaban J connectivity index is 1.83. The highest BCUT2D eigenvalue weighted by Gasteiger charge is 2.13. The van der Waals surface area contributed by atoms with E-state index in [9.17, 15) is 0 Å². The lowest BCUT2D eigenvalue weighted by Crippen LogP contribution is -2.10. The number of aromatic nitrogens is 2. The molecule has 5 N–H and O–H groups in total. The Hall–Kier alpha value is -2.63. The van der Waals surface area contributed by atoms with Crippen molar-refractivity contribution in [2.45, 2.75) is 6.92 Å². The van der Waals surface area contributed by atoms with Crippen molar-refractivity contribution in [1.29, 1.82) is 0 Å². The topological polar surface area (TPSA) is 82.0 Å². The maximum absolute atomic E-state index is 6.32. The Morgan fingerprint density at radius 3 is 2.76 bits per heavy atom. The first-order chi connectivity index (χ1) is 12.1. The molecule has 6 heteroatoms. The Morgan fingerprint density at radius 2 is 1.96 bits per heavy atom. The number of nitrogens with two attached hydrogens (primary N) is 2. The van der Waals surface area contributed by atoms with E-state index in [2.05, 4.69) is 36.2 Å². The summed E-state index contributed by atoms with van der Waals surface area (Å²) < 4.78 is 7.30. The van der Waals surface area contributed by atoms with E-state index in [1.54, 1.807) is 4.68 Å². The number of aromatic amines is 1. The predicted octanol–water partition coefficient (Wildman–Crippen LogP) is 3.80. The van der Waals surface area contributed by atoms with Crippen molar-refractivity contribution >= 4 is 33.4 Å². The third-order valence-electron chi connectivity index (χ3n) is 4.32. The number of fused-ring (bicyclic) bond motifs is 2. The van der Waals surface area contributed by atoms with Crippen LogP contribution < -0.4 is 16.3 Å². The molecule has 0 saturated heterocycles. The van der Waals surface area contributed by atoms with Gasteiger partial charge in [0.1, 0.15) is 12.4 Å². The molecular weight excluding hydrogens is 336 g/mol. The molecule has 0 aliphatic carbocycles. The van der Waals surface area contributed by atoms with Gasteiger partial charge in [-0.25, -0.2) is 0 Å². The summed E-state index contributed by atoms with van der Waals surface area (Å²) in [6.45, 7) is 2.92. The number of rotatable bonds is 4. The highest BCUT2D eigenvalue weighted by molar-refractivity contribution is 6.32. The van der Waals surface area contributed by atoms with Crippen molar-refractivity contribution in [3.05, 3.63) is 53.1 Å². The number of H-pyrrole nitrogens is 1. The van der Waals surface area contributed by atoms with E-state index in [1.807, 2.05) is 18.2 Å². The minimum Gasteiger partial charge on any atom is -0.491 e. The van der Waals surface area contributed by atoms with Gasteiger partial charge >= 0.3 is 0 Å². The summed E-state index contributed by atoms with van der Waals surface area (Å²) in [6.07, 6.45) is 0. The number of nitrogen functional groups attached to an aromatic ring is 1. The first-order valence-electron chi connectivity index (χ1n) is 8.09. The second kappa shape index (κ2) is 6.02. The van der Waals surface area contributed by atoms with Crippen molar-refractivity contribution in [3.63, 3.8) is 0 Å². The molecule has 25 heavy (non-hydrogen) atoms. The normalized spacial score (nSPS) is 11.5. The predicted molar refractivity (Wildman–Crippen MR) is 104 cm³/mol. The van der Waals surface area contributed by atoms with Gasteiger partial charge in [-0.15, -0.1) is 0 Å². The van der Waals surface area contributed by atoms with E-state index < -0.39 is 0 Å². The number of benzene rings is 2. The largest absolute Gasteiger partial charge is 0.491 e. The van der Waals surface area contributed by atoms with Crippen LogP contribution in [0.15, 0.2) is 42.5 Å². The summed E-state index contributed by atoms with van der Waals surface area (Å²) in [5.41, 5.74) is 10.4. The van der Waals surface area contributed by atoms with Crippen LogP contribution in [0.25, 0.3) is 33.2 Å². The second-order valence-corrected chi connectivity index (χ2v) is 6.56. The van der Waals surface area contributed by atoms with Crippen LogP contribution >= 0.6 is 11.6 Å². The molecule has 4 aromatic rings. The van der Waals surface area contributed by atoms with Gasteiger partial charge in [0.2, 0.25) is 0 Å². The zero-order chi connectivity index (χ0) is 17.6. The Bertz CT molecular complexity index is 1080. The fraction of sp³-hybridized carbons (Fsp3) is 0.158. The molecule has 2 aromatic heterocycles. The molecule has 2 heterocycles. The third-order valence-corrected chi connectivity index (χ3v) is 4.62. The van der Waals surface area contributed by atoms with Crippen LogP contribution in [0.1, 0.15) is 5.56 Å². The number of ether oxygens (including phenoxy) is 1. The Labute approximate surface area is 150 Å². The van der Waals surface area contributed by atoms with Gasteiger partial charge in [0.25, 0.3) is 0 Å². The fourth-order valence-corrected chi connectivity index (χ4v) is 3.32. The van der Waals surface area contributed by atoms with Crippen molar-refractivity contribution in [1.82, 2.24) is 9.66 Å². The lowest BCUT2D eigenvalue weighted by molar-refractivity contribution is 0.329. The number of halogens is 1. The zero-order valence-corrected chi connectivity index (χ0v) is 14.6. The number of nitrogens with zero attached hydrogens (tertiary/aromatic N) is 1. The minimum absolute atomic E-state index is 0.426. The van der Waals surface area contributed by atoms with E-state index in [1.165, 1.54) is 5.56 Å². The van der Waals surface area contributed by atoms with Crippen molar-refractivity contribution in [3.8, 4) is 17.1 Å². The Morgan fingerprint density at radius 1 is 1.12 bits per heavy atom. The molecule has 0 amide bonds. The van der Waals surface area contributed by atoms with Gasteiger partial charge in [-0.05, 0) is 36.8 Å². The van der Waals surface area contributed by atoms with Gasteiger partial charge in [-0.2, -0.15) is 0 Å². The van der Waals surface area contributed by atoms with Crippen molar-refractivity contribution in [2.24, 2.45) is 5.73 Å². The van der Waals surface area contributed by atoms with Crippen molar-refractivity contribution in [2.75, 3.05) is 19.0 Å².